The molecule has 0 aromatic heterocycles. The van der Waals surface area contributed by atoms with Crippen LogP contribution in [0.3, 0.4) is 0 Å². The molecule has 2 saturated carbocycles. The number of rotatable bonds is 8. The van der Waals surface area contributed by atoms with Crippen LogP contribution < -0.4 is 4.74 Å². The predicted octanol–water partition coefficient (Wildman–Crippen LogP) is 7.25. The molecule has 1 aromatic carbocycles. The lowest BCUT2D eigenvalue weighted by molar-refractivity contribution is 0.196. The first-order valence-corrected chi connectivity index (χ1v) is 11.4. The molecule has 27 heavy (non-hydrogen) atoms. The maximum Gasteiger partial charge on any atom is 0.119 e. The van der Waals surface area contributed by atoms with Gasteiger partial charge in [0, 0.05) is 5.92 Å². The smallest absolute Gasteiger partial charge is 0.119 e. The van der Waals surface area contributed by atoms with Gasteiger partial charge in [-0.1, -0.05) is 44.7 Å². The summed E-state index contributed by atoms with van der Waals surface area (Å²) in [6.07, 6.45) is 15.5. The van der Waals surface area contributed by atoms with Crippen molar-refractivity contribution in [2.45, 2.75) is 89.9 Å². The van der Waals surface area contributed by atoms with E-state index in [1.807, 2.05) is 0 Å². The zero-order chi connectivity index (χ0) is 18.9. The molecule has 3 rings (SSSR count). The number of benzene rings is 1. The second kappa shape index (κ2) is 10.7. The third-order valence-corrected chi connectivity index (χ3v) is 6.93. The summed E-state index contributed by atoms with van der Waals surface area (Å²) in [6, 6.07) is 11.3. The van der Waals surface area contributed by atoms with Gasteiger partial charge in [-0.3, -0.25) is 0 Å². The maximum atomic E-state index is 9.00. The molecule has 148 valence electrons. The zero-order valence-electron chi connectivity index (χ0n) is 17.2. The van der Waals surface area contributed by atoms with Crippen LogP contribution in [0.25, 0.3) is 0 Å². The van der Waals surface area contributed by atoms with E-state index in [1.54, 1.807) is 0 Å². The fraction of sp³-hybridized carbons (Fsp3) is 0.720. The molecular weight excluding hydrogens is 330 g/mol. The first-order chi connectivity index (χ1) is 13.3. The van der Waals surface area contributed by atoms with Gasteiger partial charge in [0.05, 0.1) is 12.7 Å². The number of nitriles is 1. The van der Waals surface area contributed by atoms with Crippen LogP contribution in [0.2, 0.25) is 0 Å². The minimum absolute atomic E-state index is 0.280. The SMILES string of the molecule is CCCCC[C@H]1CC[C@H](c2ccc(OC[C@H]3CC[C@H](C#N)CC3)cc2)CC1. The Labute approximate surface area is 166 Å². The summed E-state index contributed by atoms with van der Waals surface area (Å²) < 4.78 is 6.05. The summed E-state index contributed by atoms with van der Waals surface area (Å²) in [4.78, 5) is 0. The van der Waals surface area contributed by atoms with Crippen molar-refractivity contribution in [3.8, 4) is 11.8 Å². The van der Waals surface area contributed by atoms with Crippen molar-refractivity contribution in [2.75, 3.05) is 6.61 Å². The van der Waals surface area contributed by atoms with E-state index >= 15 is 0 Å². The van der Waals surface area contributed by atoms with Gasteiger partial charge in [-0.25, -0.2) is 0 Å². The maximum absolute atomic E-state index is 9.00. The van der Waals surface area contributed by atoms with Crippen molar-refractivity contribution >= 4 is 0 Å². The van der Waals surface area contributed by atoms with E-state index in [9.17, 15) is 0 Å². The van der Waals surface area contributed by atoms with Crippen molar-refractivity contribution in [3.05, 3.63) is 29.8 Å². The second-order valence-corrected chi connectivity index (χ2v) is 8.94. The summed E-state index contributed by atoms with van der Waals surface area (Å²) in [6.45, 7) is 3.10. The molecule has 0 spiro atoms. The van der Waals surface area contributed by atoms with Crippen molar-refractivity contribution in [1.82, 2.24) is 0 Å². The highest BCUT2D eigenvalue weighted by molar-refractivity contribution is 5.29. The average Bonchev–Trinajstić information content (AvgIpc) is 2.74. The molecule has 2 aliphatic carbocycles. The number of hydrogen-bond donors (Lipinski definition) is 0. The van der Waals surface area contributed by atoms with Crippen LogP contribution in [0, 0.1) is 29.1 Å². The zero-order valence-corrected chi connectivity index (χ0v) is 17.2. The molecule has 2 heteroatoms. The van der Waals surface area contributed by atoms with Crippen molar-refractivity contribution in [3.63, 3.8) is 0 Å². The van der Waals surface area contributed by atoms with Gasteiger partial charge in [-0.05, 0) is 86.8 Å². The van der Waals surface area contributed by atoms with E-state index in [0.717, 1.165) is 49.9 Å². The van der Waals surface area contributed by atoms with E-state index in [1.165, 1.54) is 56.9 Å². The van der Waals surface area contributed by atoms with Crippen molar-refractivity contribution in [2.24, 2.45) is 17.8 Å². The van der Waals surface area contributed by atoms with Crippen LogP contribution in [0.15, 0.2) is 24.3 Å². The molecule has 2 aliphatic rings. The molecule has 0 aliphatic heterocycles. The molecule has 0 saturated heterocycles. The topological polar surface area (TPSA) is 33.0 Å². The van der Waals surface area contributed by atoms with Crippen LogP contribution in [0.4, 0.5) is 0 Å². The Morgan fingerprint density at radius 1 is 0.889 bits per heavy atom. The predicted molar refractivity (Wildman–Crippen MR) is 112 cm³/mol. The monoisotopic (exact) mass is 367 g/mol. The number of ether oxygens (including phenoxy) is 1. The molecule has 0 bridgehead atoms. The largest absolute Gasteiger partial charge is 0.493 e. The molecule has 2 nitrogen and oxygen atoms in total. The van der Waals surface area contributed by atoms with E-state index in [0.29, 0.717) is 5.92 Å². The Bertz CT molecular complexity index is 571. The van der Waals surface area contributed by atoms with Crippen LogP contribution in [-0.2, 0) is 0 Å². The molecule has 0 radical (unpaired) electrons. The molecule has 0 heterocycles. The van der Waals surface area contributed by atoms with Gasteiger partial charge in [0.15, 0.2) is 0 Å². The summed E-state index contributed by atoms with van der Waals surface area (Å²) in [7, 11) is 0. The Morgan fingerprint density at radius 2 is 1.56 bits per heavy atom. The third-order valence-electron chi connectivity index (χ3n) is 6.93. The van der Waals surface area contributed by atoms with E-state index in [2.05, 4.69) is 37.3 Å². The first-order valence-electron chi connectivity index (χ1n) is 11.4. The molecule has 1 aromatic rings. The molecule has 0 amide bonds. The summed E-state index contributed by atoms with van der Waals surface area (Å²) in [5.74, 6) is 3.64. The van der Waals surface area contributed by atoms with Crippen LogP contribution in [0.5, 0.6) is 5.75 Å². The lowest BCUT2D eigenvalue weighted by Gasteiger charge is -2.29. The van der Waals surface area contributed by atoms with Gasteiger partial charge in [-0.15, -0.1) is 0 Å². The molecule has 0 atom stereocenters. The lowest BCUT2D eigenvalue weighted by atomic mass is 9.77. The van der Waals surface area contributed by atoms with Crippen LogP contribution in [0.1, 0.15) is 95.5 Å². The quantitative estimate of drug-likeness (QED) is 0.453. The van der Waals surface area contributed by atoms with Crippen LogP contribution in [-0.4, -0.2) is 6.61 Å². The Kier molecular flexibility index (Phi) is 8.06. The Morgan fingerprint density at radius 3 is 2.19 bits per heavy atom. The number of nitrogens with zero attached hydrogens (tertiary/aromatic N) is 1. The third kappa shape index (κ3) is 6.27. The van der Waals surface area contributed by atoms with E-state index in [4.69, 9.17) is 10.00 Å². The highest BCUT2D eigenvalue weighted by atomic mass is 16.5. The molecule has 2 fully saturated rings. The molecule has 0 N–H and O–H groups in total. The molecule has 0 unspecified atom stereocenters. The average molecular weight is 368 g/mol. The standard InChI is InChI=1S/C25H37NO/c1-2-3-4-5-20-10-12-23(13-11-20)24-14-16-25(17-15-24)27-19-22-8-6-21(18-26)7-9-22/h14-17,20-23H,2-13,19H2,1H3/t20-,21-,22-,23-. The summed E-state index contributed by atoms with van der Waals surface area (Å²) >= 11 is 0. The van der Waals surface area contributed by atoms with Gasteiger partial charge >= 0.3 is 0 Å². The second-order valence-electron chi connectivity index (χ2n) is 8.94. The minimum Gasteiger partial charge on any atom is -0.493 e. The summed E-state index contributed by atoms with van der Waals surface area (Å²) in [5, 5.41) is 9.00. The Balaban J connectivity index is 1.38. The minimum atomic E-state index is 0.280. The highest BCUT2D eigenvalue weighted by Crippen LogP contribution is 2.38. The molecular formula is C25H37NO. The van der Waals surface area contributed by atoms with Gasteiger partial charge < -0.3 is 4.74 Å². The fourth-order valence-electron chi connectivity index (χ4n) is 4.98. The highest BCUT2D eigenvalue weighted by Gasteiger charge is 2.23. The van der Waals surface area contributed by atoms with Gasteiger partial charge in [0.2, 0.25) is 0 Å². The first kappa shape index (κ1) is 20.2. The fourth-order valence-corrected chi connectivity index (χ4v) is 4.98. The van der Waals surface area contributed by atoms with E-state index < -0.39 is 0 Å². The van der Waals surface area contributed by atoms with Crippen molar-refractivity contribution in [1.29, 1.82) is 5.26 Å². The number of hydrogen-bond acceptors (Lipinski definition) is 2. The van der Waals surface area contributed by atoms with Gasteiger partial charge in [0.25, 0.3) is 0 Å². The van der Waals surface area contributed by atoms with Gasteiger partial charge in [0.1, 0.15) is 5.75 Å². The Hall–Kier alpha value is -1.49. The summed E-state index contributed by atoms with van der Waals surface area (Å²) in [5.41, 5.74) is 1.50. The lowest BCUT2D eigenvalue weighted by Crippen LogP contribution is -2.19. The van der Waals surface area contributed by atoms with E-state index in [-0.39, 0.29) is 5.92 Å². The normalized spacial score (nSPS) is 28.4. The van der Waals surface area contributed by atoms with Gasteiger partial charge in [-0.2, -0.15) is 5.26 Å². The van der Waals surface area contributed by atoms with Crippen LogP contribution >= 0.6 is 0 Å². The van der Waals surface area contributed by atoms with Crippen molar-refractivity contribution < 1.29 is 4.74 Å². The number of unbranched alkanes of at least 4 members (excludes halogenated alkanes) is 2.